The van der Waals surface area contributed by atoms with Gasteiger partial charge in [-0.15, -0.1) is 0 Å². The van der Waals surface area contributed by atoms with Gasteiger partial charge in [-0.2, -0.15) is 0 Å². The Hall–Kier alpha value is -2.50. The highest BCUT2D eigenvalue weighted by molar-refractivity contribution is 5.94. The topological polar surface area (TPSA) is 58.8 Å². The highest BCUT2D eigenvalue weighted by Gasteiger charge is 2.30. The van der Waals surface area contributed by atoms with E-state index in [9.17, 15) is 4.79 Å². The molecule has 0 aromatic carbocycles. The molecule has 0 bridgehead atoms. The summed E-state index contributed by atoms with van der Waals surface area (Å²) in [7, 11) is 0. The number of carbonyl (C=O) groups is 1. The molecule has 4 rings (SSSR count). The lowest BCUT2D eigenvalue weighted by Gasteiger charge is -2.22. The van der Waals surface area contributed by atoms with Crippen molar-refractivity contribution in [3.05, 3.63) is 42.5 Å². The van der Waals surface area contributed by atoms with Gasteiger partial charge in [-0.05, 0) is 31.0 Å². The van der Waals surface area contributed by atoms with Crippen LogP contribution in [0, 0.1) is 0 Å². The summed E-state index contributed by atoms with van der Waals surface area (Å²) in [5.41, 5.74) is 0.592. The number of aromatic nitrogens is 1. The maximum Gasteiger partial charge on any atom is 0.257 e. The second kappa shape index (κ2) is 6.55. The molecule has 1 atom stereocenters. The monoisotopic (exact) mass is 327 g/mol. The van der Waals surface area contributed by atoms with E-state index >= 15 is 0 Å². The number of hydrogen-bond donors (Lipinski definition) is 0. The van der Waals surface area contributed by atoms with Crippen LogP contribution in [0.25, 0.3) is 0 Å². The molecular formula is C18H21N3O3. The van der Waals surface area contributed by atoms with E-state index in [4.69, 9.17) is 9.15 Å². The van der Waals surface area contributed by atoms with E-state index in [1.807, 2.05) is 23.2 Å². The first-order valence-corrected chi connectivity index (χ1v) is 8.49. The third-order valence-electron chi connectivity index (χ3n) is 4.65. The van der Waals surface area contributed by atoms with E-state index < -0.39 is 0 Å². The molecule has 2 aliphatic heterocycles. The van der Waals surface area contributed by atoms with Crippen LogP contribution in [-0.2, 0) is 0 Å². The number of ether oxygens (including phenoxy) is 1. The molecule has 6 heteroatoms. The summed E-state index contributed by atoms with van der Waals surface area (Å²) in [4.78, 5) is 21.0. The van der Waals surface area contributed by atoms with Crippen molar-refractivity contribution < 1.29 is 13.9 Å². The zero-order valence-corrected chi connectivity index (χ0v) is 13.6. The molecule has 4 heterocycles. The van der Waals surface area contributed by atoms with Gasteiger partial charge in [0.25, 0.3) is 5.91 Å². The molecule has 6 nitrogen and oxygen atoms in total. The van der Waals surface area contributed by atoms with Crippen molar-refractivity contribution >= 4 is 11.7 Å². The number of furan rings is 1. The fraction of sp³-hybridized carbons (Fsp3) is 0.444. The highest BCUT2D eigenvalue weighted by Crippen LogP contribution is 2.30. The zero-order valence-electron chi connectivity index (χ0n) is 13.6. The summed E-state index contributed by atoms with van der Waals surface area (Å²) in [5, 5.41) is 0. The Bertz CT molecular complexity index is 695. The molecule has 24 heavy (non-hydrogen) atoms. The molecule has 0 radical (unpaired) electrons. The lowest BCUT2D eigenvalue weighted by Crippen LogP contribution is -2.31. The summed E-state index contributed by atoms with van der Waals surface area (Å²) < 4.78 is 11.2. The van der Waals surface area contributed by atoms with Crippen LogP contribution < -0.4 is 9.64 Å². The summed E-state index contributed by atoms with van der Waals surface area (Å²) in [6.07, 6.45) is 8.06. The Morgan fingerprint density at radius 1 is 1.25 bits per heavy atom. The van der Waals surface area contributed by atoms with E-state index in [1.54, 1.807) is 6.07 Å². The summed E-state index contributed by atoms with van der Waals surface area (Å²) >= 11 is 0. The minimum Gasteiger partial charge on any atom is -0.485 e. The first-order valence-electron chi connectivity index (χ1n) is 8.49. The predicted molar refractivity (Wildman–Crippen MR) is 89.3 cm³/mol. The number of pyridine rings is 1. The Labute approximate surface area is 141 Å². The summed E-state index contributed by atoms with van der Waals surface area (Å²) in [5.74, 6) is 1.75. The van der Waals surface area contributed by atoms with Gasteiger partial charge in [0.15, 0.2) is 11.6 Å². The molecule has 0 spiro atoms. The lowest BCUT2D eigenvalue weighted by molar-refractivity contribution is 0.0772. The van der Waals surface area contributed by atoms with E-state index in [0.717, 1.165) is 31.1 Å². The Morgan fingerprint density at radius 3 is 2.92 bits per heavy atom. The molecule has 126 valence electrons. The molecule has 2 aromatic rings. The molecule has 1 amide bonds. The number of rotatable bonds is 4. The van der Waals surface area contributed by atoms with Gasteiger partial charge in [0, 0.05) is 32.3 Å². The van der Waals surface area contributed by atoms with Crippen LogP contribution in [0.3, 0.4) is 0 Å². The standard InChI is InChI=1S/C18H21N3O3/c22-18(14-6-11-23-13-14)21-10-5-15(12-21)24-16-4-3-7-19-17(16)20-8-1-2-9-20/h3-4,6-7,11,13,15H,1-2,5,8-10,12H2/t15-/m1/s1. The lowest BCUT2D eigenvalue weighted by atomic mass is 10.3. The Morgan fingerprint density at radius 2 is 2.12 bits per heavy atom. The SMILES string of the molecule is O=C(c1ccoc1)N1CC[C@@H](Oc2cccnc2N2CCCC2)C1. The van der Waals surface area contributed by atoms with Gasteiger partial charge in [0.1, 0.15) is 12.4 Å². The quantitative estimate of drug-likeness (QED) is 0.864. The van der Waals surface area contributed by atoms with Gasteiger partial charge in [-0.1, -0.05) is 0 Å². The molecule has 0 saturated carbocycles. The number of nitrogens with zero attached hydrogens (tertiary/aromatic N) is 3. The van der Waals surface area contributed by atoms with Gasteiger partial charge in [-0.3, -0.25) is 4.79 Å². The molecule has 0 aliphatic carbocycles. The average molecular weight is 327 g/mol. The third-order valence-corrected chi connectivity index (χ3v) is 4.65. The third kappa shape index (κ3) is 2.96. The largest absolute Gasteiger partial charge is 0.485 e. The van der Waals surface area contributed by atoms with Crippen molar-refractivity contribution in [1.29, 1.82) is 0 Å². The first kappa shape index (κ1) is 15.1. The second-order valence-electron chi connectivity index (χ2n) is 6.31. The van der Waals surface area contributed by atoms with Crippen molar-refractivity contribution in [2.24, 2.45) is 0 Å². The van der Waals surface area contributed by atoms with Crippen LogP contribution in [-0.4, -0.2) is 48.1 Å². The van der Waals surface area contributed by atoms with Crippen LogP contribution in [0.1, 0.15) is 29.6 Å². The van der Waals surface area contributed by atoms with E-state index in [2.05, 4.69) is 9.88 Å². The van der Waals surface area contributed by atoms with Crippen molar-refractivity contribution in [2.75, 3.05) is 31.1 Å². The highest BCUT2D eigenvalue weighted by atomic mass is 16.5. The number of amides is 1. The van der Waals surface area contributed by atoms with Crippen molar-refractivity contribution in [3.8, 4) is 5.75 Å². The van der Waals surface area contributed by atoms with Gasteiger partial charge in [0.05, 0.1) is 18.4 Å². The second-order valence-corrected chi connectivity index (χ2v) is 6.31. The molecular weight excluding hydrogens is 306 g/mol. The average Bonchev–Trinajstić information content (AvgIpc) is 3.36. The minimum atomic E-state index is 0.000744. The van der Waals surface area contributed by atoms with Gasteiger partial charge >= 0.3 is 0 Å². The maximum absolute atomic E-state index is 12.4. The smallest absolute Gasteiger partial charge is 0.257 e. The molecule has 0 unspecified atom stereocenters. The van der Waals surface area contributed by atoms with Crippen molar-refractivity contribution in [2.45, 2.75) is 25.4 Å². The molecule has 2 aromatic heterocycles. The first-order chi connectivity index (χ1) is 11.8. The number of anilines is 1. The summed E-state index contributed by atoms with van der Waals surface area (Å²) in [6.45, 7) is 3.36. The van der Waals surface area contributed by atoms with Crippen LogP contribution in [0.5, 0.6) is 5.75 Å². The van der Waals surface area contributed by atoms with E-state index in [1.165, 1.54) is 25.4 Å². The zero-order chi connectivity index (χ0) is 16.4. The fourth-order valence-corrected chi connectivity index (χ4v) is 3.40. The molecule has 0 N–H and O–H groups in total. The van der Waals surface area contributed by atoms with Crippen LogP contribution in [0.15, 0.2) is 41.3 Å². The van der Waals surface area contributed by atoms with Crippen molar-refractivity contribution in [3.63, 3.8) is 0 Å². The minimum absolute atomic E-state index is 0.000744. The van der Waals surface area contributed by atoms with Gasteiger partial charge < -0.3 is 19.0 Å². The number of carbonyl (C=O) groups excluding carboxylic acids is 1. The Balaban J connectivity index is 1.43. The van der Waals surface area contributed by atoms with Crippen molar-refractivity contribution in [1.82, 2.24) is 9.88 Å². The van der Waals surface area contributed by atoms with Crippen LogP contribution in [0.2, 0.25) is 0 Å². The number of hydrogen-bond acceptors (Lipinski definition) is 5. The molecule has 2 fully saturated rings. The summed E-state index contributed by atoms with van der Waals surface area (Å²) in [6, 6.07) is 5.57. The van der Waals surface area contributed by atoms with Crippen LogP contribution >= 0.6 is 0 Å². The maximum atomic E-state index is 12.4. The normalized spacial score (nSPS) is 20.6. The van der Waals surface area contributed by atoms with E-state index in [0.29, 0.717) is 18.7 Å². The van der Waals surface area contributed by atoms with E-state index in [-0.39, 0.29) is 12.0 Å². The fourth-order valence-electron chi connectivity index (χ4n) is 3.40. The van der Waals surface area contributed by atoms with Gasteiger partial charge in [0.2, 0.25) is 0 Å². The Kier molecular flexibility index (Phi) is 4.11. The number of likely N-dealkylation sites (tertiary alicyclic amines) is 1. The van der Waals surface area contributed by atoms with Crippen LogP contribution in [0.4, 0.5) is 5.82 Å². The van der Waals surface area contributed by atoms with Gasteiger partial charge in [-0.25, -0.2) is 4.98 Å². The molecule has 2 aliphatic rings. The predicted octanol–water partition coefficient (Wildman–Crippen LogP) is 2.57. The molecule has 2 saturated heterocycles.